The van der Waals surface area contributed by atoms with Crippen LogP contribution in [0.15, 0.2) is 22.7 Å². The third-order valence-electron chi connectivity index (χ3n) is 2.78. The first-order valence-corrected chi connectivity index (χ1v) is 5.97. The Morgan fingerprint density at radius 1 is 1.47 bits per heavy atom. The zero-order chi connectivity index (χ0) is 13.8. The van der Waals surface area contributed by atoms with Crippen molar-refractivity contribution in [3.8, 4) is 0 Å². The second-order valence-electron chi connectivity index (χ2n) is 4.27. The highest BCUT2D eigenvalue weighted by atomic mass is 16.5. The summed E-state index contributed by atoms with van der Waals surface area (Å²) in [7, 11) is 3.22. The van der Waals surface area contributed by atoms with Gasteiger partial charge in [-0.3, -0.25) is 4.68 Å². The molecule has 19 heavy (non-hydrogen) atoms. The predicted molar refractivity (Wildman–Crippen MR) is 68.5 cm³/mol. The minimum absolute atomic E-state index is 0.219. The first-order valence-electron chi connectivity index (χ1n) is 5.97. The number of nitrogens with zero attached hydrogens (tertiary/aromatic N) is 2. The standard InChI is InChI=1S/C13H17N3O3/c1-9-10(8-16(2)15-9)6-14-7-11-4-5-12(19-11)13(17)18-3/h4-5,8,14H,6-7H2,1-3H3. The molecule has 2 aromatic rings. The molecule has 0 aliphatic heterocycles. The summed E-state index contributed by atoms with van der Waals surface area (Å²) < 4.78 is 11.7. The van der Waals surface area contributed by atoms with Crippen molar-refractivity contribution >= 4 is 5.97 Å². The molecule has 0 fully saturated rings. The van der Waals surface area contributed by atoms with E-state index >= 15 is 0 Å². The van der Waals surface area contributed by atoms with Crippen molar-refractivity contribution in [3.63, 3.8) is 0 Å². The molecule has 0 saturated carbocycles. The molecule has 0 aromatic carbocycles. The second-order valence-corrected chi connectivity index (χ2v) is 4.27. The highest BCUT2D eigenvalue weighted by molar-refractivity contribution is 5.86. The molecule has 0 aliphatic rings. The summed E-state index contributed by atoms with van der Waals surface area (Å²) in [5.74, 6) is 0.452. The summed E-state index contributed by atoms with van der Waals surface area (Å²) in [4.78, 5) is 11.2. The van der Waals surface area contributed by atoms with E-state index in [0.29, 0.717) is 18.8 Å². The van der Waals surface area contributed by atoms with Crippen LogP contribution >= 0.6 is 0 Å². The third-order valence-corrected chi connectivity index (χ3v) is 2.78. The van der Waals surface area contributed by atoms with Crippen LogP contribution in [0.2, 0.25) is 0 Å². The van der Waals surface area contributed by atoms with E-state index in [0.717, 1.165) is 11.3 Å². The molecule has 0 unspecified atom stereocenters. The van der Waals surface area contributed by atoms with Gasteiger partial charge in [0, 0.05) is 25.4 Å². The number of aromatic nitrogens is 2. The average Bonchev–Trinajstić information content (AvgIpc) is 2.96. The van der Waals surface area contributed by atoms with Gasteiger partial charge in [-0.2, -0.15) is 5.10 Å². The van der Waals surface area contributed by atoms with Gasteiger partial charge in [0.2, 0.25) is 5.76 Å². The number of esters is 1. The van der Waals surface area contributed by atoms with E-state index in [1.54, 1.807) is 16.8 Å². The first-order chi connectivity index (χ1) is 9.10. The quantitative estimate of drug-likeness (QED) is 0.826. The Balaban J connectivity index is 1.87. The normalized spacial score (nSPS) is 10.7. The molecule has 0 spiro atoms. The molecule has 0 amide bonds. The number of rotatable bonds is 5. The molecule has 0 aliphatic carbocycles. The molecule has 2 heterocycles. The minimum Gasteiger partial charge on any atom is -0.463 e. The van der Waals surface area contributed by atoms with Crippen molar-refractivity contribution in [3.05, 3.63) is 41.1 Å². The van der Waals surface area contributed by atoms with E-state index in [1.807, 2.05) is 20.2 Å². The van der Waals surface area contributed by atoms with Crippen molar-refractivity contribution in [2.24, 2.45) is 7.05 Å². The molecular weight excluding hydrogens is 246 g/mol. The lowest BCUT2D eigenvalue weighted by Crippen LogP contribution is -2.12. The lowest BCUT2D eigenvalue weighted by Gasteiger charge is -2.01. The van der Waals surface area contributed by atoms with Crippen LogP contribution in [0.25, 0.3) is 0 Å². The molecule has 6 heteroatoms. The maximum absolute atomic E-state index is 11.2. The van der Waals surface area contributed by atoms with Crippen LogP contribution < -0.4 is 5.32 Å². The third kappa shape index (κ3) is 3.23. The van der Waals surface area contributed by atoms with E-state index in [1.165, 1.54) is 7.11 Å². The Labute approximate surface area is 111 Å². The zero-order valence-electron chi connectivity index (χ0n) is 11.3. The van der Waals surface area contributed by atoms with Crippen LogP contribution in [0.3, 0.4) is 0 Å². The Bertz CT molecular complexity index is 571. The largest absolute Gasteiger partial charge is 0.463 e. The molecule has 2 rings (SSSR count). The summed E-state index contributed by atoms with van der Waals surface area (Å²) in [6.07, 6.45) is 1.98. The SMILES string of the molecule is COC(=O)c1ccc(CNCc2cn(C)nc2C)o1. The number of furan rings is 1. The number of ether oxygens (including phenoxy) is 1. The van der Waals surface area contributed by atoms with Crippen molar-refractivity contribution in [2.45, 2.75) is 20.0 Å². The number of hydrogen-bond donors (Lipinski definition) is 1. The molecule has 102 valence electrons. The van der Waals surface area contributed by atoms with Crippen LogP contribution in [0.1, 0.15) is 27.6 Å². The topological polar surface area (TPSA) is 69.3 Å². The predicted octanol–water partition coefficient (Wildman–Crippen LogP) is 1.40. The van der Waals surface area contributed by atoms with Gasteiger partial charge in [0.05, 0.1) is 19.3 Å². The molecular formula is C13H17N3O3. The van der Waals surface area contributed by atoms with Crippen molar-refractivity contribution < 1.29 is 13.9 Å². The fraction of sp³-hybridized carbons (Fsp3) is 0.385. The number of carbonyl (C=O) groups excluding carboxylic acids is 1. The van der Waals surface area contributed by atoms with Gasteiger partial charge >= 0.3 is 5.97 Å². The summed E-state index contributed by atoms with van der Waals surface area (Å²) in [6, 6.07) is 3.37. The smallest absolute Gasteiger partial charge is 0.373 e. The Morgan fingerprint density at radius 3 is 2.89 bits per heavy atom. The van der Waals surface area contributed by atoms with Gasteiger partial charge in [-0.15, -0.1) is 0 Å². The van der Waals surface area contributed by atoms with Gasteiger partial charge in [-0.05, 0) is 19.1 Å². The zero-order valence-corrected chi connectivity index (χ0v) is 11.3. The summed E-state index contributed by atoms with van der Waals surface area (Å²) in [5, 5.41) is 7.51. The highest BCUT2D eigenvalue weighted by Crippen LogP contribution is 2.09. The molecule has 2 aromatic heterocycles. The van der Waals surface area contributed by atoms with Gasteiger partial charge in [0.1, 0.15) is 5.76 Å². The number of aryl methyl sites for hydroxylation is 2. The minimum atomic E-state index is -0.464. The van der Waals surface area contributed by atoms with Gasteiger partial charge in [0.25, 0.3) is 0 Å². The van der Waals surface area contributed by atoms with E-state index < -0.39 is 5.97 Å². The number of hydrogen-bond acceptors (Lipinski definition) is 5. The Morgan fingerprint density at radius 2 is 2.26 bits per heavy atom. The molecule has 1 N–H and O–H groups in total. The molecule has 0 saturated heterocycles. The van der Waals surface area contributed by atoms with E-state index in [9.17, 15) is 4.79 Å². The van der Waals surface area contributed by atoms with Crippen molar-refractivity contribution in [1.29, 1.82) is 0 Å². The van der Waals surface area contributed by atoms with Gasteiger partial charge in [-0.1, -0.05) is 0 Å². The fourth-order valence-corrected chi connectivity index (χ4v) is 1.83. The van der Waals surface area contributed by atoms with Crippen molar-refractivity contribution in [2.75, 3.05) is 7.11 Å². The van der Waals surface area contributed by atoms with Crippen LogP contribution in [-0.4, -0.2) is 22.9 Å². The van der Waals surface area contributed by atoms with Gasteiger partial charge in [-0.25, -0.2) is 4.79 Å². The maximum atomic E-state index is 11.2. The fourth-order valence-electron chi connectivity index (χ4n) is 1.83. The van der Waals surface area contributed by atoms with Gasteiger partial charge < -0.3 is 14.5 Å². The molecule has 0 radical (unpaired) electrons. The van der Waals surface area contributed by atoms with E-state index in [-0.39, 0.29) is 5.76 Å². The van der Waals surface area contributed by atoms with Gasteiger partial charge in [0.15, 0.2) is 0 Å². The monoisotopic (exact) mass is 263 g/mol. The number of carbonyl (C=O) groups is 1. The highest BCUT2D eigenvalue weighted by Gasteiger charge is 2.10. The average molecular weight is 263 g/mol. The summed E-state index contributed by atoms with van der Waals surface area (Å²) in [6.45, 7) is 3.22. The van der Waals surface area contributed by atoms with Crippen LogP contribution in [0.4, 0.5) is 0 Å². The molecule has 6 nitrogen and oxygen atoms in total. The Kier molecular flexibility index (Phi) is 4.01. The number of nitrogens with one attached hydrogen (secondary N) is 1. The van der Waals surface area contributed by atoms with Crippen LogP contribution in [0.5, 0.6) is 0 Å². The van der Waals surface area contributed by atoms with Crippen molar-refractivity contribution in [1.82, 2.24) is 15.1 Å². The summed E-state index contributed by atoms with van der Waals surface area (Å²) in [5.41, 5.74) is 2.15. The Hall–Kier alpha value is -2.08. The van der Waals surface area contributed by atoms with Crippen LogP contribution in [-0.2, 0) is 24.9 Å². The van der Waals surface area contributed by atoms with E-state index in [2.05, 4.69) is 15.2 Å². The maximum Gasteiger partial charge on any atom is 0.373 e. The second kappa shape index (κ2) is 5.71. The lowest BCUT2D eigenvalue weighted by molar-refractivity contribution is 0.0563. The number of methoxy groups -OCH3 is 1. The first kappa shape index (κ1) is 13.4. The van der Waals surface area contributed by atoms with E-state index in [4.69, 9.17) is 4.42 Å². The lowest BCUT2D eigenvalue weighted by atomic mass is 10.2. The summed E-state index contributed by atoms with van der Waals surface area (Å²) >= 11 is 0. The molecule has 0 atom stereocenters. The van der Waals surface area contributed by atoms with Crippen LogP contribution in [0, 0.1) is 6.92 Å². The molecule has 0 bridgehead atoms.